The fourth-order valence-corrected chi connectivity index (χ4v) is 4.02. The van der Waals surface area contributed by atoms with Crippen LogP contribution in [0, 0.1) is 5.82 Å². The second-order valence-electron chi connectivity index (χ2n) is 8.15. The fourth-order valence-electron chi connectivity index (χ4n) is 4.02. The molecule has 0 radical (unpaired) electrons. The van der Waals surface area contributed by atoms with Crippen molar-refractivity contribution in [1.29, 1.82) is 0 Å². The molecule has 3 heterocycles. The Morgan fingerprint density at radius 2 is 1.82 bits per heavy atom. The number of aromatic nitrogens is 3. The lowest BCUT2D eigenvalue weighted by Crippen LogP contribution is -2.45. The molecule has 1 saturated heterocycles. The Balaban J connectivity index is 1.41. The van der Waals surface area contributed by atoms with Gasteiger partial charge in [-0.25, -0.2) is 19.3 Å². The first-order valence-corrected chi connectivity index (χ1v) is 10.9. The van der Waals surface area contributed by atoms with Gasteiger partial charge in [0.15, 0.2) is 5.82 Å². The number of fused-ring (bicyclic) bond motifs is 1. The molecule has 7 nitrogen and oxygen atoms in total. The minimum atomic E-state index is -0.307. The maximum atomic E-state index is 13.2. The number of nitrogens with two attached hydrogens (primary N) is 1. The van der Waals surface area contributed by atoms with Crippen molar-refractivity contribution in [3.63, 3.8) is 0 Å². The van der Waals surface area contributed by atoms with Crippen LogP contribution in [-0.2, 0) is 0 Å². The van der Waals surface area contributed by atoms with E-state index in [2.05, 4.69) is 15.3 Å². The molecule has 3 N–H and O–H groups in total. The van der Waals surface area contributed by atoms with E-state index < -0.39 is 0 Å². The quantitative estimate of drug-likeness (QED) is 0.493. The first-order valence-electron chi connectivity index (χ1n) is 10.9. The average Bonchev–Trinajstić information content (AvgIpc) is 2.85. The summed E-state index contributed by atoms with van der Waals surface area (Å²) in [6.07, 6.45) is 3.35. The van der Waals surface area contributed by atoms with E-state index in [0.717, 1.165) is 30.6 Å². The van der Waals surface area contributed by atoms with Crippen molar-refractivity contribution < 1.29 is 9.18 Å². The van der Waals surface area contributed by atoms with E-state index in [1.54, 1.807) is 12.1 Å². The van der Waals surface area contributed by atoms with E-state index in [0.29, 0.717) is 34.6 Å². The first kappa shape index (κ1) is 21.0. The Bertz CT molecular complexity index is 1290. The Morgan fingerprint density at radius 3 is 2.58 bits per heavy atom. The van der Waals surface area contributed by atoms with Crippen molar-refractivity contribution in [3.05, 3.63) is 78.4 Å². The number of carbonyl (C=O) groups excluding carboxylic acids is 1. The van der Waals surface area contributed by atoms with E-state index in [9.17, 15) is 9.18 Å². The zero-order chi connectivity index (χ0) is 22.8. The standard InChI is InChI=1S/C25H23FN6O/c26-18-7-9-20(10-8-18)30-24-23-22(28-15-29-24)12-11-21(31-23)16-3-5-17(6-4-16)25(33)32-13-1-2-19(27)14-32/h3-12,15,19H,1-2,13-14,27H2,(H,28,29,30)/t19-/m0/s1. The van der Waals surface area contributed by atoms with E-state index >= 15 is 0 Å². The first-order chi connectivity index (χ1) is 16.1. The molecular formula is C25H23FN6O. The predicted molar refractivity (Wildman–Crippen MR) is 126 cm³/mol. The van der Waals surface area contributed by atoms with Crippen molar-refractivity contribution >= 4 is 28.4 Å². The monoisotopic (exact) mass is 442 g/mol. The third kappa shape index (κ3) is 4.51. The van der Waals surface area contributed by atoms with Gasteiger partial charge in [-0.2, -0.15) is 0 Å². The molecule has 2 aromatic heterocycles. The van der Waals surface area contributed by atoms with Crippen molar-refractivity contribution in [1.82, 2.24) is 19.9 Å². The molecule has 33 heavy (non-hydrogen) atoms. The van der Waals surface area contributed by atoms with Gasteiger partial charge in [0.2, 0.25) is 0 Å². The van der Waals surface area contributed by atoms with Crippen LogP contribution in [0.1, 0.15) is 23.2 Å². The zero-order valence-electron chi connectivity index (χ0n) is 17.9. The van der Waals surface area contributed by atoms with Crippen LogP contribution in [0.4, 0.5) is 15.9 Å². The number of anilines is 2. The Kier molecular flexibility index (Phi) is 5.66. The van der Waals surface area contributed by atoms with E-state index in [1.807, 2.05) is 41.3 Å². The van der Waals surface area contributed by atoms with Gasteiger partial charge in [0.1, 0.15) is 17.7 Å². The molecule has 1 aliphatic rings. The summed E-state index contributed by atoms with van der Waals surface area (Å²) >= 11 is 0. The molecule has 8 heteroatoms. The van der Waals surface area contributed by atoms with Gasteiger partial charge in [0, 0.05) is 35.9 Å². The lowest BCUT2D eigenvalue weighted by atomic mass is 10.0. The SMILES string of the molecule is N[C@H]1CCCN(C(=O)c2ccc(-c3ccc4ncnc(Nc5ccc(F)cc5)c4n3)cc2)C1. The van der Waals surface area contributed by atoms with Gasteiger partial charge in [-0.15, -0.1) is 0 Å². The van der Waals surface area contributed by atoms with Crippen LogP contribution in [0.3, 0.4) is 0 Å². The molecule has 1 fully saturated rings. The Morgan fingerprint density at radius 1 is 1.03 bits per heavy atom. The summed E-state index contributed by atoms with van der Waals surface area (Å²) in [6, 6.07) is 17.3. The summed E-state index contributed by atoms with van der Waals surface area (Å²) in [4.78, 5) is 28.0. The highest BCUT2D eigenvalue weighted by atomic mass is 19.1. The number of halogens is 1. The van der Waals surface area contributed by atoms with Crippen molar-refractivity contribution in [2.45, 2.75) is 18.9 Å². The number of likely N-dealkylation sites (tertiary alicyclic amines) is 1. The maximum absolute atomic E-state index is 13.2. The predicted octanol–water partition coefficient (Wildman–Crippen LogP) is 4.14. The van der Waals surface area contributed by atoms with Gasteiger partial charge in [0.25, 0.3) is 5.91 Å². The summed E-state index contributed by atoms with van der Waals surface area (Å²) < 4.78 is 13.2. The highest BCUT2D eigenvalue weighted by Crippen LogP contribution is 2.26. The molecule has 1 atom stereocenters. The minimum Gasteiger partial charge on any atom is -0.338 e. The number of carbonyl (C=O) groups is 1. The van der Waals surface area contributed by atoms with Crippen LogP contribution in [0.25, 0.3) is 22.3 Å². The van der Waals surface area contributed by atoms with Crippen LogP contribution < -0.4 is 11.1 Å². The number of piperidine rings is 1. The highest BCUT2D eigenvalue weighted by molar-refractivity contribution is 5.95. The van der Waals surface area contributed by atoms with Crippen LogP contribution in [0.5, 0.6) is 0 Å². The van der Waals surface area contributed by atoms with E-state index in [4.69, 9.17) is 10.7 Å². The lowest BCUT2D eigenvalue weighted by molar-refractivity contribution is 0.0709. The van der Waals surface area contributed by atoms with Gasteiger partial charge in [-0.05, 0) is 61.4 Å². The number of nitrogens with zero attached hydrogens (tertiary/aromatic N) is 4. The molecule has 2 aromatic carbocycles. The summed E-state index contributed by atoms with van der Waals surface area (Å²) in [6.45, 7) is 1.33. The molecule has 1 aliphatic heterocycles. The number of pyridine rings is 1. The Hall–Kier alpha value is -3.91. The van der Waals surface area contributed by atoms with E-state index in [1.165, 1.54) is 18.5 Å². The molecule has 0 unspecified atom stereocenters. The summed E-state index contributed by atoms with van der Waals surface area (Å²) in [7, 11) is 0. The third-order valence-corrected chi connectivity index (χ3v) is 5.76. The second-order valence-corrected chi connectivity index (χ2v) is 8.15. The van der Waals surface area contributed by atoms with Crippen molar-refractivity contribution in [2.24, 2.45) is 5.73 Å². The average molecular weight is 442 g/mol. The molecule has 166 valence electrons. The number of hydrogen-bond acceptors (Lipinski definition) is 6. The zero-order valence-corrected chi connectivity index (χ0v) is 17.9. The van der Waals surface area contributed by atoms with Gasteiger partial charge in [0.05, 0.1) is 11.2 Å². The maximum Gasteiger partial charge on any atom is 0.253 e. The van der Waals surface area contributed by atoms with E-state index in [-0.39, 0.29) is 17.8 Å². The summed E-state index contributed by atoms with van der Waals surface area (Å²) in [5.74, 6) is 0.225. The number of amides is 1. The smallest absolute Gasteiger partial charge is 0.253 e. The van der Waals surface area contributed by atoms with Crippen LogP contribution in [0.2, 0.25) is 0 Å². The number of benzene rings is 2. The fraction of sp³-hybridized carbons (Fsp3) is 0.200. The molecule has 5 rings (SSSR count). The molecule has 0 spiro atoms. The van der Waals surface area contributed by atoms with Crippen molar-refractivity contribution in [2.75, 3.05) is 18.4 Å². The van der Waals surface area contributed by atoms with Crippen molar-refractivity contribution in [3.8, 4) is 11.3 Å². The van der Waals surface area contributed by atoms with Gasteiger partial charge in [-0.1, -0.05) is 12.1 Å². The Labute approximate surface area is 190 Å². The summed E-state index contributed by atoms with van der Waals surface area (Å²) in [5, 5.41) is 3.18. The van der Waals surface area contributed by atoms with Crippen LogP contribution in [0.15, 0.2) is 67.0 Å². The number of nitrogens with one attached hydrogen (secondary N) is 1. The van der Waals surface area contributed by atoms with Gasteiger partial charge >= 0.3 is 0 Å². The summed E-state index contributed by atoms with van der Waals surface area (Å²) in [5.41, 5.74) is 10.2. The minimum absolute atomic E-state index is 0.00218. The van der Waals surface area contributed by atoms with Gasteiger partial charge in [-0.3, -0.25) is 4.79 Å². The topological polar surface area (TPSA) is 97.0 Å². The molecule has 0 bridgehead atoms. The molecule has 0 aliphatic carbocycles. The number of rotatable bonds is 4. The van der Waals surface area contributed by atoms with Gasteiger partial charge < -0.3 is 16.0 Å². The molecule has 0 saturated carbocycles. The molecule has 4 aromatic rings. The second kappa shape index (κ2) is 8.91. The lowest BCUT2D eigenvalue weighted by Gasteiger charge is -2.30. The highest BCUT2D eigenvalue weighted by Gasteiger charge is 2.22. The third-order valence-electron chi connectivity index (χ3n) is 5.76. The van der Waals surface area contributed by atoms with Crippen LogP contribution in [-0.4, -0.2) is 44.9 Å². The van der Waals surface area contributed by atoms with Crippen LogP contribution >= 0.6 is 0 Å². The molecular weight excluding hydrogens is 419 g/mol. The molecule has 1 amide bonds. The largest absolute Gasteiger partial charge is 0.338 e. The normalized spacial score (nSPS) is 16.1. The number of hydrogen-bond donors (Lipinski definition) is 2.